The Balaban J connectivity index is 2.46. The van der Waals surface area contributed by atoms with Gasteiger partial charge in [-0.25, -0.2) is 4.98 Å². The molecule has 0 radical (unpaired) electrons. The van der Waals surface area contributed by atoms with Crippen LogP contribution < -0.4 is 5.73 Å². The van der Waals surface area contributed by atoms with E-state index < -0.39 is 0 Å². The smallest absolute Gasteiger partial charge is 0.110 e. The Hall–Kier alpha value is -1.13. The highest BCUT2D eigenvalue weighted by atomic mass is 79.9. The molecule has 16 heavy (non-hydrogen) atoms. The van der Waals surface area contributed by atoms with Crippen LogP contribution >= 0.6 is 15.9 Å². The summed E-state index contributed by atoms with van der Waals surface area (Å²) in [6.07, 6.45) is 3.74. The van der Waals surface area contributed by atoms with E-state index in [2.05, 4.69) is 33.0 Å². The molecule has 0 bridgehead atoms. The Bertz CT molecular complexity index is 503. The molecule has 0 amide bonds. The van der Waals surface area contributed by atoms with E-state index >= 15 is 0 Å². The molecule has 2 N–H and O–H groups in total. The zero-order valence-corrected chi connectivity index (χ0v) is 10.9. The summed E-state index contributed by atoms with van der Waals surface area (Å²) < 4.78 is 3.07. The lowest BCUT2D eigenvalue weighted by Gasteiger charge is -2.11. The molecule has 0 aliphatic rings. The van der Waals surface area contributed by atoms with Crippen molar-refractivity contribution in [1.82, 2.24) is 9.55 Å². The normalized spacial score (nSPS) is 12.8. The van der Waals surface area contributed by atoms with E-state index in [9.17, 15) is 0 Å². The monoisotopic (exact) mass is 279 g/mol. The molecule has 0 unspecified atom stereocenters. The van der Waals surface area contributed by atoms with E-state index in [0.29, 0.717) is 0 Å². The van der Waals surface area contributed by atoms with Gasteiger partial charge in [0.05, 0.1) is 0 Å². The van der Waals surface area contributed by atoms with Crippen LogP contribution in [0.5, 0.6) is 0 Å². The summed E-state index contributed by atoms with van der Waals surface area (Å²) in [5, 5.41) is 0. The first-order chi connectivity index (χ1) is 7.59. The Kier molecular flexibility index (Phi) is 3.12. The Morgan fingerprint density at radius 1 is 1.44 bits per heavy atom. The quantitative estimate of drug-likeness (QED) is 0.919. The molecule has 2 aromatic rings. The SMILES string of the molecule is Cc1nccn1-c1ccc([C@@H](C)N)c(Br)c1. The minimum Gasteiger partial charge on any atom is -0.324 e. The summed E-state index contributed by atoms with van der Waals surface area (Å²) in [7, 11) is 0. The highest BCUT2D eigenvalue weighted by Crippen LogP contribution is 2.25. The third-order valence-corrected chi connectivity index (χ3v) is 3.27. The minimum absolute atomic E-state index is 0.0345. The van der Waals surface area contributed by atoms with Gasteiger partial charge in [-0.1, -0.05) is 22.0 Å². The van der Waals surface area contributed by atoms with Gasteiger partial charge in [-0.2, -0.15) is 0 Å². The van der Waals surface area contributed by atoms with Gasteiger partial charge in [0.2, 0.25) is 0 Å². The maximum Gasteiger partial charge on any atom is 0.110 e. The van der Waals surface area contributed by atoms with Gasteiger partial charge in [-0.3, -0.25) is 0 Å². The topological polar surface area (TPSA) is 43.8 Å². The number of halogens is 1. The van der Waals surface area contributed by atoms with Crippen LogP contribution in [0.1, 0.15) is 24.4 Å². The predicted octanol–water partition coefficient (Wildman–Crippen LogP) is 2.96. The lowest BCUT2D eigenvalue weighted by Crippen LogP contribution is -2.06. The Morgan fingerprint density at radius 3 is 2.69 bits per heavy atom. The number of aryl methyl sites for hydroxylation is 1. The molecule has 1 aromatic heterocycles. The maximum absolute atomic E-state index is 5.86. The van der Waals surface area contributed by atoms with E-state index in [0.717, 1.165) is 21.5 Å². The van der Waals surface area contributed by atoms with Gasteiger partial charge in [0.25, 0.3) is 0 Å². The lowest BCUT2D eigenvalue weighted by molar-refractivity contribution is 0.811. The van der Waals surface area contributed by atoms with E-state index in [1.165, 1.54) is 0 Å². The van der Waals surface area contributed by atoms with Crippen molar-refractivity contribution in [3.05, 3.63) is 46.5 Å². The van der Waals surface area contributed by atoms with Crippen LogP contribution in [0.3, 0.4) is 0 Å². The van der Waals surface area contributed by atoms with Crippen LogP contribution in [0.2, 0.25) is 0 Å². The molecule has 4 heteroatoms. The Morgan fingerprint density at radius 2 is 2.19 bits per heavy atom. The number of hydrogen-bond acceptors (Lipinski definition) is 2. The van der Waals surface area contributed by atoms with E-state index in [-0.39, 0.29) is 6.04 Å². The highest BCUT2D eigenvalue weighted by molar-refractivity contribution is 9.10. The second-order valence-corrected chi connectivity index (χ2v) is 4.69. The molecule has 2 rings (SSSR count). The summed E-state index contributed by atoms with van der Waals surface area (Å²) in [5.74, 6) is 0.973. The molecule has 1 atom stereocenters. The van der Waals surface area contributed by atoms with Crippen molar-refractivity contribution < 1.29 is 0 Å². The first kappa shape index (κ1) is 11.4. The summed E-state index contributed by atoms with van der Waals surface area (Å²) >= 11 is 3.54. The molecule has 0 saturated carbocycles. The average molecular weight is 280 g/mol. The largest absolute Gasteiger partial charge is 0.324 e. The summed E-state index contributed by atoms with van der Waals surface area (Å²) in [6, 6.07) is 6.20. The maximum atomic E-state index is 5.86. The number of benzene rings is 1. The molecule has 0 saturated heterocycles. The van der Waals surface area contributed by atoms with Crippen LogP contribution in [0, 0.1) is 6.92 Å². The van der Waals surface area contributed by atoms with Crippen LogP contribution in [0.4, 0.5) is 0 Å². The van der Waals surface area contributed by atoms with Gasteiger partial charge in [-0.15, -0.1) is 0 Å². The second-order valence-electron chi connectivity index (χ2n) is 3.84. The van der Waals surface area contributed by atoms with Crippen molar-refractivity contribution in [2.75, 3.05) is 0 Å². The zero-order valence-electron chi connectivity index (χ0n) is 9.31. The van der Waals surface area contributed by atoms with Gasteiger partial charge in [0.15, 0.2) is 0 Å². The van der Waals surface area contributed by atoms with Crippen molar-refractivity contribution in [3.63, 3.8) is 0 Å². The first-order valence-electron chi connectivity index (χ1n) is 5.15. The molecule has 1 aromatic carbocycles. The van der Waals surface area contributed by atoms with Gasteiger partial charge in [0, 0.05) is 28.6 Å². The fourth-order valence-corrected chi connectivity index (χ4v) is 2.41. The first-order valence-corrected chi connectivity index (χ1v) is 5.94. The molecule has 0 fully saturated rings. The van der Waals surface area contributed by atoms with Gasteiger partial charge in [0.1, 0.15) is 5.82 Å². The molecule has 0 spiro atoms. The number of imidazole rings is 1. The van der Waals surface area contributed by atoms with Crippen molar-refractivity contribution >= 4 is 15.9 Å². The van der Waals surface area contributed by atoms with Crippen molar-refractivity contribution in [3.8, 4) is 5.69 Å². The average Bonchev–Trinajstić information content (AvgIpc) is 2.63. The zero-order chi connectivity index (χ0) is 11.7. The second kappa shape index (κ2) is 4.39. The van der Waals surface area contributed by atoms with Gasteiger partial charge in [-0.05, 0) is 31.5 Å². The summed E-state index contributed by atoms with van der Waals surface area (Å²) in [4.78, 5) is 4.20. The third kappa shape index (κ3) is 2.03. The standard InChI is InChI=1S/C12H14BrN3/c1-8(14)11-4-3-10(7-12(11)13)16-6-5-15-9(16)2/h3-8H,14H2,1-2H3/t8-/m1/s1. The molecule has 84 valence electrons. The highest BCUT2D eigenvalue weighted by Gasteiger charge is 2.07. The predicted molar refractivity (Wildman–Crippen MR) is 68.6 cm³/mol. The molecule has 0 aliphatic carbocycles. The van der Waals surface area contributed by atoms with Crippen LogP contribution in [-0.4, -0.2) is 9.55 Å². The van der Waals surface area contributed by atoms with Crippen molar-refractivity contribution in [2.45, 2.75) is 19.9 Å². The molecule has 0 aliphatic heterocycles. The van der Waals surface area contributed by atoms with Gasteiger partial charge < -0.3 is 10.3 Å². The minimum atomic E-state index is 0.0345. The fraction of sp³-hybridized carbons (Fsp3) is 0.250. The van der Waals surface area contributed by atoms with E-state index in [1.807, 2.05) is 30.7 Å². The number of aromatic nitrogens is 2. The van der Waals surface area contributed by atoms with Crippen molar-refractivity contribution in [2.24, 2.45) is 5.73 Å². The van der Waals surface area contributed by atoms with Crippen LogP contribution in [0.25, 0.3) is 5.69 Å². The molecular weight excluding hydrogens is 266 g/mol. The molecule has 1 heterocycles. The van der Waals surface area contributed by atoms with Gasteiger partial charge >= 0.3 is 0 Å². The molecule has 3 nitrogen and oxygen atoms in total. The van der Waals surface area contributed by atoms with Crippen LogP contribution in [-0.2, 0) is 0 Å². The van der Waals surface area contributed by atoms with E-state index in [1.54, 1.807) is 6.20 Å². The fourth-order valence-electron chi connectivity index (χ4n) is 1.69. The lowest BCUT2D eigenvalue weighted by atomic mass is 10.1. The van der Waals surface area contributed by atoms with Crippen LogP contribution in [0.15, 0.2) is 35.1 Å². The Labute approximate surface area is 103 Å². The number of hydrogen-bond donors (Lipinski definition) is 1. The summed E-state index contributed by atoms with van der Waals surface area (Å²) in [6.45, 7) is 3.95. The number of rotatable bonds is 2. The third-order valence-electron chi connectivity index (χ3n) is 2.58. The summed E-state index contributed by atoms with van der Waals surface area (Å²) in [5.41, 5.74) is 8.07. The van der Waals surface area contributed by atoms with Crippen molar-refractivity contribution in [1.29, 1.82) is 0 Å². The molecular formula is C12H14BrN3. The van der Waals surface area contributed by atoms with E-state index in [4.69, 9.17) is 5.73 Å². The number of nitrogens with two attached hydrogens (primary N) is 1. The number of nitrogens with zero attached hydrogens (tertiary/aromatic N) is 2.